The van der Waals surface area contributed by atoms with E-state index < -0.39 is 0 Å². The molecule has 81 heavy (non-hydrogen) atoms. The predicted molar refractivity (Wildman–Crippen MR) is 412 cm³/mol. The summed E-state index contributed by atoms with van der Waals surface area (Å²) in [5.74, 6) is 0. The molecule has 0 saturated carbocycles. The molecule has 4 aromatic carbocycles. The van der Waals surface area contributed by atoms with Crippen LogP contribution in [-0.2, 0) is 18.9 Å². The van der Waals surface area contributed by atoms with Crippen LogP contribution in [0.1, 0.15) is 296 Å². The van der Waals surface area contributed by atoms with Gasteiger partial charge in [0, 0.05) is 73.7 Å². The molecule has 506 valence electrons. The van der Waals surface area contributed by atoms with Gasteiger partial charge in [-0.3, -0.25) is 0 Å². The Labute approximate surface area is 532 Å². The Balaban J connectivity index is -0.0000000152. The van der Waals surface area contributed by atoms with Gasteiger partial charge < -0.3 is 18.9 Å². The summed E-state index contributed by atoms with van der Waals surface area (Å²) in [5.41, 5.74) is 1.32. The molecule has 0 saturated heterocycles. The van der Waals surface area contributed by atoms with E-state index in [4.69, 9.17) is 0 Å². The van der Waals surface area contributed by atoms with Crippen molar-refractivity contribution in [2.24, 2.45) is 0 Å². The zero-order valence-corrected chi connectivity index (χ0v) is 67.6. The van der Waals surface area contributed by atoms with Crippen molar-refractivity contribution in [3.8, 4) is 0 Å². The molecule has 0 unspecified atom stereocenters. The summed E-state index contributed by atoms with van der Waals surface area (Å²) >= 11 is 0. The van der Waals surface area contributed by atoms with Crippen molar-refractivity contribution in [3.05, 3.63) is 145 Å². The van der Waals surface area contributed by atoms with E-state index in [-0.39, 0.29) is 16.8 Å². The van der Waals surface area contributed by atoms with Crippen molar-refractivity contribution in [2.45, 2.75) is 298 Å². The van der Waals surface area contributed by atoms with Gasteiger partial charge >= 0.3 is 0 Å². The second-order valence-corrected chi connectivity index (χ2v) is 6.75. The highest BCUT2D eigenvalue weighted by Gasteiger charge is 1.72. The zero-order valence-electron chi connectivity index (χ0n) is 67.6. The number of aryl methyl sites for hydroxylation is 1. The summed E-state index contributed by atoms with van der Waals surface area (Å²) < 4.78 is 17.0. The molecule has 0 heterocycles. The highest BCUT2D eigenvalue weighted by molar-refractivity contribution is 5.76. The molecule has 4 aromatic rings. The zero-order chi connectivity index (χ0) is 70.7. The minimum absolute atomic E-state index is 0. The van der Waals surface area contributed by atoms with E-state index in [1.54, 1.807) is 56.9 Å². The molecule has 6 heteroatoms. The SMILES string of the molecule is CC.CC.CC.CC.CC.CC.CC.CC.CC.CC.CC.CC.CC.CC.CC.CC.CC.CC.CC.CC.CC.COC.COC.COC.COC.Cc1ccccc1.[B].[B].c1ccccc1.c1ccccc1.c1ccccc1. The number of rotatable bonds is 0. The fraction of sp³-hybridized carbons (Fsp3) is 0.680. The fourth-order valence-corrected chi connectivity index (χ4v) is 1.69. The normalized spacial score (nSPS) is 4.98. The third kappa shape index (κ3) is 825. The second-order valence-electron chi connectivity index (χ2n) is 6.75. The van der Waals surface area contributed by atoms with Gasteiger partial charge in [-0.2, -0.15) is 0 Å². The summed E-state index contributed by atoms with van der Waals surface area (Å²) in [7, 11) is 13.0. The topological polar surface area (TPSA) is 36.9 Å². The lowest BCUT2D eigenvalue weighted by Gasteiger charge is -1.82. The Bertz CT molecular complexity index is 623. The first-order valence-corrected chi connectivity index (χ1v) is 32.7. The van der Waals surface area contributed by atoms with E-state index >= 15 is 0 Å². The molecule has 4 rings (SSSR count). The summed E-state index contributed by atoms with van der Waals surface area (Å²) in [6.07, 6.45) is 0. The minimum atomic E-state index is 0. The first kappa shape index (κ1) is 178. The molecular weight excluding hydrogens is 986 g/mol. The van der Waals surface area contributed by atoms with Gasteiger partial charge in [0.25, 0.3) is 0 Å². The number of benzene rings is 4. The summed E-state index contributed by atoms with van der Waals surface area (Å²) in [6.45, 7) is 86.1. The Kier molecular flexibility index (Phi) is 1350. The van der Waals surface area contributed by atoms with Crippen LogP contribution in [0.25, 0.3) is 0 Å². The molecule has 6 radical (unpaired) electrons. The maximum Gasteiger partial charge on any atom is 0.0351 e. The van der Waals surface area contributed by atoms with Crippen LogP contribution in [0.3, 0.4) is 0 Å². The molecule has 0 fully saturated rings. The maximum atomic E-state index is 4.25. The molecule has 0 bridgehead atoms. The van der Waals surface area contributed by atoms with Crippen LogP contribution < -0.4 is 0 Å². The molecule has 0 aliphatic rings. The van der Waals surface area contributed by atoms with Crippen LogP contribution in [0.2, 0.25) is 0 Å². The molecule has 0 atom stereocenters. The minimum Gasteiger partial charge on any atom is -0.388 e. The van der Waals surface area contributed by atoms with Crippen LogP contribution in [-0.4, -0.2) is 73.7 Å². The molecular formula is C75H176B2O4. The Morgan fingerprint density at radius 3 is 0.235 bits per heavy atom. The van der Waals surface area contributed by atoms with Crippen molar-refractivity contribution >= 4 is 16.8 Å². The van der Waals surface area contributed by atoms with Crippen molar-refractivity contribution in [2.75, 3.05) is 56.9 Å². The van der Waals surface area contributed by atoms with Gasteiger partial charge in [-0.15, -0.1) is 0 Å². The smallest absolute Gasteiger partial charge is 0.0351 e. The summed E-state index contributed by atoms with van der Waals surface area (Å²) in [4.78, 5) is 0. The Hall–Kier alpha value is -3.15. The van der Waals surface area contributed by atoms with Gasteiger partial charge in [-0.25, -0.2) is 0 Å². The van der Waals surface area contributed by atoms with E-state index in [2.05, 4.69) is 38.0 Å². The molecule has 4 nitrogen and oxygen atoms in total. The van der Waals surface area contributed by atoms with Crippen molar-refractivity contribution < 1.29 is 18.9 Å². The molecule has 0 N–H and O–H groups in total. The number of ether oxygens (including phenoxy) is 4. The molecule has 0 amide bonds. The molecule has 0 aliphatic heterocycles. The highest BCUT2D eigenvalue weighted by Crippen LogP contribution is 1.92. The standard InChI is InChI=1S/C7H8.3C6H6.4C2H6O.21C2H6.2B/c1-7-5-3-2-4-6-7;3*1-2-4-6-5-3-1;4*1-3-2;21*1-2;;/h2-6H,1H3;3*1-6H;4*1-2H3;21*1-2H3;;. The number of methoxy groups -OCH3 is 4. The van der Waals surface area contributed by atoms with Crippen LogP contribution in [0.15, 0.2) is 140 Å². The lowest BCUT2D eigenvalue weighted by molar-refractivity contribution is 0.277. The Morgan fingerprint density at radius 2 is 0.198 bits per heavy atom. The van der Waals surface area contributed by atoms with Crippen molar-refractivity contribution in [3.63, 3.8) is 0 Å². The van der Waals surface area contributed by atoms with Gasteiger partial charge in [0.15, 0.2) is 0 Å². The van der Waals surface area contributed by atoms with E-state index in [0.29, 0.717) is 0 Å². The van der Waals surface area contributed by atoms with E-state index in [0.717, 1.165) is 0 Å². The van der Waals surface area contributed by atoms with Gasteiger partial charge in [0.2, 0.25) is 0 Å². The van der Waals surface area contributed by atoms with Crippen molar-refractivity contribution in [1.29, 1.82) is 0 Å². The summed E-state index contributed by atoms with van der Waals surface area (Å²) in [5, 5.41) is 0. The van der Waals surface area contributed by atoms with E-state index in [9.17, 15) is 0 Å². The third-order valence-electron chi connectivity index (χ3n) is 2.94. The Morgan fingerprint density at radius 1 is 0.148 bits per heavy atom. The molecule has 0 aliphatic carbocycles. The predicted octanol–water partition coefficient (Wildman–Crippen LogP) is 28.9. The first-order valence-electron chi connectivity index (χ1n) is 32.7. The van der Waals surface area contributed by atoms with Crippen LogP contribution in [0.4, 0.5) is 0 Å². The molecule has 0 aromatic heterocycles. The lowest BCUT2D eigenvalue weighted by Crippen LogP contribution is -1.62. The number of hydrogen-bond acceptors (Lipinski definition) is 4. The first-order chi connectivity index (χ1) is 39.1. The third-order valence-corrected chi connectivity index (χ3v) is 2.94. The largest absolute Gasteiger partial charge is 0.388 e. The van der Waals surface area contributed by atoms with Gasteiger partial charge in [0.05, 0.1) is 0 Å². The average Bonchev–Trinajstić information content (AvgIpc) is 3.61. The highest BCUT2D eigenvalue weighted by atomic mass is 16.5. The maximum absolute atomic E-state index is 4.25. The van der Waals surface area contributed by atoms with Crippen LogP contribution in [0.5, 0.6) is 0 Å². The van der Waals surface area contributed by atoms with Crippen LogP contribution in [0, 0.1) is 6.92 Å². The van der Waals surface area contributed by atoms with Gasteiger partial charge in [-0.1, -0.05) is 436 Å². The van der Waals surface area contributed by atoms with E-state index in [1.165, 1.54) is 5.56 Å². The quantitative estimate of drug-likeness (QED) is 0.164. The lowest BCUT2D eigenvalue weighted by atomic mass is 10.2. The van der Waals surface area contributed by atoms with Crippen molar-refractivity contribution in [1.82, 2.24) is 0 Å². The van der Waals surface area contributed by atoms with Gasteiger partial charge in [0.1, 0.15) is 0 Å². The van der Waals surface area contributed by atoms with Gasteiger partial charge in [-0.05, 0) is 6.92 Å². The molecule has 0 spiro atoms. The number of hydrogen-bond donors (Lipinski definition) is 0. The van der Waals surface area contributed by atoms with Crippen LogP contribution >= 0.6 is 0 Å². The average molecular weight is 1160 g/mol. The fourth-order valence-electron chi connectivity index (χ4n) is 1.69. The summed E-state index contributed by atoms with van der Waals surface area (Å²) in [6, 6.07) is 46.3. The monoisotopic (exact) mass is 1160 g/mol. The van der Waals surface area contributed by atoms with E-state index in [1.807, 2.05) is 418 Å². The second kappa shape index (κ2) is 613.